The number of hydrogen-bond donors (Lipinski definition) is 1. The van der Waals surface area contributed by atoms with Crippen LogP contribution in [0.4, 0.5) is 0 Å². The van der Waals surface area contributed by atoms with Crippen molar-refractivity contribution in [2.75, 3.05) is 26.2 Å². The molecule has 0 unspecified atom stereocenters. The Labute approximate surface area is 170 Å². The van der Waals surface area contributed by atoms with E-state index in [1.807, 2.05) is 0 Å². The average molecular weight is 399 g/mol. The number of allylic oxidation sites excluding steroid dienone is 1. The molecule has 0 saturated carbocycles. The minimum absolute atomic E-state index is 0.162. The third kappa shape index (κ3) is 5.03. The molecule has 1 N–H and O–H groups in total. The smallest absolute Gasteiger partial charge is 0.317 e. The molecule has 156 valence electrons. The fraction of sp³-hybridized carbons (Fsp3) is 0.500. The summed E-state index contributed by atoms with van der Waals surface area (Å²) in [6, 6.07) is 7.12. The highest BCUT2D eigenvalue weighted by Gasteiger charge is 2.16. The number of carbonyl (C=O) groups excluding carboxylic acids is 1. The largest absolute Gasteiger partial charge is 0.355 e. The van der Waals surface area contributed by atoms with Crippen LogP contribution >= 0.6 is 0 Å². The third-order valence-electron chi connectivity index (χ3n) is 5.46. The van der Waals surface area contributed by atoms with Crippen molar-refractivity contribution in [3.63, 3.8) is 0 Å². The second-order valence-electron chi connectivity index (χ2n) is 7.84. The number of carbonyl (C=O) groups is 1. The van der Waals surface area contributed by atoms with E-state index in [0.29, 0.717) is 17.6 Å². The van der Waals surface area contributed by atoms with Crippen LogP contribution in [0.25, 0.3) is 11.0 Å². The maximum Gasteiger partial charge on any atom is 0.317 e. The lowest BCUT2D eigenvalue weighted by Crippen LogP contribution is -2.44. The molecule has 3 rings (SSSR count). The van der Waals surface area contributed by atoms with Gasteiger partial charge in [-0.3, -0.25) is 23.5 Å². The van der Waals surface area contributed by atoms with Crippen molar-refractivity contribution < 1.29 is 4.79 Å². The highest BCUT2D eigenvalue weighted by Crippen LogP contribution is 2.15. The molecular weight excluding hydrogens is 368 g/mol. The number of nitrogens with one attached hydrogen (secondary N) is 1. The minimum Gasteiger partial charge on any atom is -0.355 e. The summed E-state index contributed by atoms with van der Waals surface area (Å²) in [4.78, 5) is 39.9. The van der Waals surface area contributed by atoms with Crippen LogP contribution in [0.15, 0.2) is 46.5 Å². The van der Waals surface area contributed by atoms with E-state index in [1.165, 1.54) is 22.0 Å². The van der Waals surface area contributed by atoms with Crippen LogP contribution in [-0.4, -0.2) is 46.1 Å². The summed E-state index contributed by atoms with van der Waals surface area (Å²) in [5, 5.41) is 2.88. The van der Waals surface area contributed by atoms with E-state index in [1.54, 1.807) is 30.3 Å². The van der Waals surface area contributed by atoms with Crippen molar-refractivity contribution >= 4 is 16.9 Å². The highest BCUT2D eigenvalue weighted by atomic mass is 16.2. The van der Waals surface area contributed by atoms with Gasteiger partial charge >= 0.3 is 11.1 Å². The molecule has 2 heterocycles. The van der Waals surface area contributed by atoms with Crippen LogP contribution < -0.4 is 16.4 Å². The first-order valence-corrected chi connectivity index (χ1v) is 10.3. The molecule has 1 aliphatic rings. The van der Waals surface area contributed by atoms with E-state index >= 15 is 0 Å². The summed E-state index contributed by atoms with van der Waals surface area (Å²) in [6.45, 7) is 9.78. The number of amides is 1. The van der Waals surface area contributed by atoms with Crippen molar-refractivity contribution in [3.8, 4) is 0 Å². The zero-order chi connectivity index (χ0) is 20.8. The van der Waals surface area contributed by atoms with E-state index in [0.717, 1.165) is 32.0 Å². The molecule has 7 heteroatoms. The van der Waals surface area contributed by atoms with Gasteiger partial charge in [-0.05, 0) is 50.4 Å². The Kier molecular flexibility index (Phi) is 7.04. The van der Waals surface area contributed by atoms with Crippen molar-refractivity contribution in [2.45, 2.75) is 39.3 Å². The van der Waals surface area contributed by atoms with Crippen LogP contribution in [0.5, 0.6) is 0 Å². The van der Waals surface area contributed by atoms with Gasteiger partial charge in [-0.1, -0.05) is 25.1 Å². The monoisotopic (exact) mass is 398 g/mol. The Morgan fingerprint density at radius 2 is 1.90 bits per heavy atom. The van der Waals surface area contributed by atoms with E-state index in [9.17, 15) is 14.4 Å². The number of fused-ring (bicyclic) bond motifs is 1. The van der Waals surface area contributed by atoms with Gasteiger partial charge in [-0.15, -0.1) is 6.58 Å². The maximum absolute atomic E-state index is 12.6. The SMILES string of the molecule is C=CCn1c(=O)c(=O)n(CC(=O)NCCCN2CCC[C@H](C)C2)c2ccccc21. The second-order valence-corrected chi connectivity index (χ2v) is 7.84. The van der Waals surface area contributed by atoms with Gasteiger partial charge < -0.3 is 10.2 Å². The zero-order valence-electron chi connectivity index (χ0n) is 17.1. The third-order valence-corrected chi connectivity index (χ3v) is 5.46. The van der Waals surface area contributed by atoms with Gasteiger partial charge in [0, 0.05) is 19.6 Å². The number of hydrogen-bond acceptors (Lipinski definition) is 4. The number of rotatable bonds is 8. The number of likely N-dealkylation sites (tertiary alicyclic amines) is 1. The van der Waals surface area contributed by atoms with Crippen LogP contribution in [0, 0.1) is 5.92 Å². The summed E-state index contributed by atoms with van der Waals surface area (Å²) < 4.78 is 2.65. The van der Waals surface area contributed by atoms with Crippen molar-refractivity contribution in [2.24, 2.45) is 5.92 Å². The molecule has 1 aromatic carbocycles. The molecule has 1 aromatic heterocycles. The maximum atomic E-state index is 12.6. The summed E-state index contributed by atoms with van der Waals surface area (Å²) >= 11 is 0. The summed E-state index contributed by atoms with van der Waals surface area (Å²) in [7, 11) is 0. The van der Waals surface area contributed by atoms with Gasteiger partial charge in [0.1, 0.15) is 6.54 Å². The van der Waals surface area contributed by atoms with Gasteiger partial charge in [0.2, 0.25) is 5.91 Å². The molecule has 0 radical (unpaired) electrons. The first-order valence-electron chi connectivity index (χ1n) is 10.3. The van der Waals surface area contributed by atoms with Crippen LogP contribution in [-0.2, 0) is 17.9 Å². The van der Waals surface area contributed by atoms with Gasteiger partial charge in [0.05, 0.1) is 11.0 Å². The minimum atomic E-state index is -0.692. The molecule has 1 fully saturated rings. The molecule has 1 saturated heterocycles. The molecule has 0 spiro atoms. The number of para-hydroxylation sites is 2. The van der Waals surface area contributed by atoms with Crippen LogP contribution in [0.3, 0.4) is 0 Å². The molecule has 0 aliphatic carbocycles. The average Bonchev–Trinajstić information content (AvgIpc) is 2.72. The quantitative estimate of drug-likeness (QED) is 0.416. The Morgan fingerprint density at radius 1 is 1.21 bits per heavy atom. The number of benzene rings is 1. The molecule has 1 amide bonds. The lowest BCUT2D eigenvalue weighted by atomic mass is 10.0. The normalized spacial score (nSPS) is 17.3. The zero-order valence-corrected chi connectivity index (χ0v) is 17.1. The lowest BCUT2D eigenvalue weighted by Gasteiger charge is -2.30. The Hall–Kier alpha value is -2.67. The number of aromatic nitrogens is 2. The number of nitrogens with zero attached hydrogens (tertiary/aromatic N) is 3. The number of piperidine rings is 1. The highest BCUT2D eigenvalue weighted by molar-refractivity contribution is 5.80. The summed E-state index contributed by atoms with van der Waals surface area (Å²) in [5.41, 5.74) is -0.154. The molecule has 1 aliphatic heterocycles. The van der Waals surface area contributed by atoms with Gasteiger partial charge in [-0.25, -0.2) is 0 Å². The molecule has 1 atom stereocenters. The standard InChI is InChI=1S/C22H30N4O3/c1-3-12-25-18-9-4-5-10-19(18)26(22(29)21(25)28)16-20(27)23-11-7-14-24-13-6-8-17(2)15-24/h3-5,9-10,17H,1,6-8,11-16H2,2H3,(H,23,27)/t17-/m0/s1. The van der Waals surface area contributed by atoms with E-state index < -0.39 is 11.1 Å². The lowest BCUT2D eigenvalue weighted by molar-refractivity contribution is -0.121. The Morgan fingerprint density at radius 3 is 2.59 bits per heavy atom. The van der Waals surface area contributed by atoms with Crippen molar-refractivity contribution in [1.29, 1.82) is 0 Å². The van der Waals surface area contributed by atoms with Crippen molar-refractivity contribution in [1.82, 2.24) is 19.4 Å². The van der Waals surface area contributed by atoms with E-state index in [4.69, 9.17) is 0 Å². The molecule has 7 nitrogen and oxygen atoms in total. The van der Waals surface area contributed by atoms with Gasteiger partial charge in [0.15, 0.2) is 0 Å². The molecule has 0 bridgehead atoms. The first-order chi connectivity index (χ1) is 14.0. The molecular formula is C22H30N4O3. The second kappa shape index (κ2) is 9.69. The van der Waals surface area contributed by atoms with Crippen LogP contribution in [0.2, 0.25) is 0 Å². The Balaban J connectivity index is 1.65. The topological polar surface area (TPSA) is 76.3 Å². The predicted molar refractivity (Wildman–Crippen MR) is 115 cm³/mol. The van der Waals surface area contributed by atoms with Crippen LogP contribution in [0.1, 0.15) is 26.2 Å². The fourth-order valence-electron chi connectivity index (χ4n) is 4.06. The Bertz CT molecular complexity index is 992. The molecule has 2 aromatic rings. The van der Waals surface area contributed by atoms with E-state index in [2.05, 4.69) is 23.7 Å². The molecule has 29 heavy (non-hydrogen) atoms. The van der Waals surface area contributed by atoms with Gasteiger partial charge in [-0.2, -0.15) is 0 Å². The van der Waals surface area contributed by atoms with Gasteiger partial charge in [0.25, 0.3) is 0 Å². The summed E-state index contributed by atoms with van der Waals surface area (Å²) in [5.74, 6) is 0.479. The predicted octanol–water partition coefficient (Wildman–Crippen LogP) is 1.59. The van der Waals surface area contributed by atoms with Crippen molar-refractivity contribution in [3.05, 3.63) is 57.6 Å². The summed E-state index contributed by atoms with van der Waals surface area (Å²) in [6.07, 6.45) is 4.98. The van der Waals surface area contributed by atoms with E-state index in [-0.39, 0.29) is 19.0 Å². The first kappa shape index (κ1) is 21.0. The fourth-order valence-corrected chi connectivity index (χ4v) is 4.06.